The van der Waals surface area contributed by atoms with Gasteiger partial charge in [0.05, 0.1) is 18.7 Å². The SMILES string of the molecule is CCCCCCCCCCCCCCOc1ccc(CC(=O)Nc2ccccc2C[n+]2cc(C)cc(C)c2)cc1C(C)(C)C.[Br-]. The highest BCUT2D eigenvalue weighted by atomic mass is 79.9. The number of benzene rings is 2. The number of unbranched alkanes of at least 4 members (excludes halogenated alkanes) is 11. The molecule has 0 bridgehead atoms. The monoisotopic (exact) mass is 678 g/mol. The summed E-state index contributed by atoms with van der Waals surface area (Å²) in [6.07, 6.45) is 20.7. The van der Waals surface area contributed by atoms with E-state index in [1.807, 2.05) is 24.3 Å². The zero-order chi connectivity index (χ0) is 31.8. The number of aryl methyl sites for hydroxylation is 2. The third-order valence-corrected chi connectivity index (χ3v) is 8.31. The summed E-state index contributed by atoms with van der Waals surface area (Å²) in [4.78, 5) is 13.2. The van der Waals surface area contributed by atoms with Crippen molar-refractivity contribution in [1.82, 2.24) is 0 Å². The fourth-order valence-electron chi connectivity index (χ4n) is 5.97. The first kappa shape index (κ1) is 38.5. The molecular formula is C40H59BrN2O2. The standard InChI is InChI=1S/C40H58N2O2.BrH/c1-7-8-9-10-11-12-13-14-15-16-17-20-25-44-38-24-23-34(27-36(38)40(4,5)6)28-39(43)41-37-22-19-18-21-35(37)31-42-29-32(2)26-33(3)30-42;/h18-19,21-24,26-27,29-30H,7-17,20,25,28,31H2,1-6H3;1H. The van der Waals surface area contributed by atoms with Crippen molar-refractivity contribution in [3.8, 4) is 5.75 Å². The molecule has 248 valence electrons. The molecule has 0 aliphatic rings. The van der Waals surface area contributed by atoms with Crippen LogP contribution in [0.25, 0.3) is 0 Å². The number of carbonyl (C=O) groups is 1. The predicted octanol–water partition coefficient (Wildman–Crippen LogP) is 7.20. The van der Waals surface area contributed by atoms with Crippen LogP contribution in [-0.2, 0) is 23.2 Å². The number of amides is 1. The van der Waals surface area contributed by atoms with E-state index in [1.165, 1.54) is 81.8 Å². The number of nitrogens with one attached hydrogen (secondary N) is 1. The fourth-order valence-corrected chi connectivity index (χ4v) is 5.97. The van der Waals surface area contributed by atoms with Crippen LogP contribution in [0, 0.1) is 13.8 Å². The second-order valence-electron chi connectivity index (χ2n) is 13.8. The minimum Gasteiger partial charge on any atom is -1.00 e. The molecule has 0 aliphatic heterocycles. The van der Waals surface area contributed by atoms with Gasteiger partial charge in [0.15, 0.2) is 18.9 Å². The Kier molecular flexibility index (Phi) is 17.5. The highest BCUT2D eigenvalue weighted by molar-refractivity contribution is 5.93. The van der Waals surface area contributed by atoms with Gasteiger partial charge in [0.25, 0.3) is 0 Å². The molecule has 0 spiro atoms. The molecule has 0 atom stereocenters. The Morgan fingerprint density at radius 1 is 0.778 bits per heavy atom. The summed E-state index contributed by atoms with van der Waals surface area (Å²) >= 11 is 0. The predicted molar refractivity (Wildman–Crippen MR) is 186 cm³/mol. The van der Waals surface area contributed by atoms with E-state index < -0.39 is 0 Å². The molecule has 2 aromatic carbocycles. The quantitative estimate of drug-likeness (QED) is 0.108. The number of para-hydroxylation sites is 1. The van der Waals surface area contributed by atoms with Gasteiger partial charge in [-0.3, -0.25) is 4.79 Å². The van der Waals surface area contributed by atoms with E-state index in [1.54, 1.807) is 0 Å². The first-order chi connectivity index (χ1) is 21.2. The van der Waals surface area contributed by atoms with Crippen LogP contribution >= 0.6 is 0 Å². The Balaban J connectivity index is 0.00000705. The van der Waals surface area contributed by atoms with E-state index in [9.17, 15) is 4.79 Å². The van der Waals surface area contributed by atoms with Crippen molar-refractivity contribution in [2.75, 3.05) is 11.9 Å². The van der Waals surface area contributed by atoms with Crippen molar-refractivity contribution in [1.29, 1.82) is 0 Å². The van der Waals surface area contributed by atoms with Gasteiger partial charge in [-0.15, -0.1) is 0 Å². The molecule has 45 heavy (non-hydrogen) atoms. The second kappa shape index (κ2) is 20.5. The number of rotatable bonds is 19. The normalized spacial score (nSPS) is 11.2. The Hall–Kier alpha value is -2.66. The summed E-state index contributed by atoms with van der Waals surface area (Å²) < 4.78 is 8.48. The molecule has 1 aromatic heterocycles. The molecule has 1 N–H and O–H groups in total. The first-order valence-corrected chi connectivity index (χ1v) is 17.3. The van der Waals surface area contributed by atoms with E-state index >= 15 is 0 Å². The zero-order valence-corrected chi connectivity index (χ0v) is 30.6. The third-order valence-electron chi connectivity index (χ3n) is 8.31. The van der Waals surface area contributed by atoms with Gasteiger partial charge in [0.2, 0.25) is 5.91 Å². The summed E-state index contributed by atoms with van der Waals surface area (Å²) in [5, 5.41) is 3.18. The molecule has 5 heteroatoms. The zero-order valence-electron chi connectivity index (χ0n) is 29.0. The Labute approximate surface area is 285 Å². The summed E-state index contributed by atoms with van der Waals surface area (Å²) in [7, 11) is 0. The minimum absolute atomic E-state index is 0. The maximum absolute atomic E-state index is 13.2. The molecule has 0 radical (unpaired) electrons. The van der Waals surface area contributed by atoms with Crippen molar-refractivity contribution in [2.45, 2.75) is 137 Å². The molecule has 3 aromatic rings. The number of carbonyl (C=O) groups excluding carboxylic acids is 1. The van der Waals surface area contributed by atoms with Crippen molar-refractivity contribution >= 4 is 11.6 Å². The Morgan fingerprint density at radius 3 is 1.96 bits per heavy atom. The summed E-state index contributed by atoms with van der Waals surface area (Å²) in [5.74, 6) is 0.938. The van der Waals surface area contributed by atoms with Gasteiger partial charge in [0, 0.05) is 16.7 Å². The third kappa shape index (κ3) is 14.5. The smallest absolute Gasteiger partial charge is 0.228 e. The molecule has 1 heterocycles. The van der Waals surface area contributed by atoms with E-state index in [4.69, 9.17) is 4.74 Å². The molecule has 1 amide bonds. The maximum atomic E-state index is 13.2. The molecule has 0 saturated carbocycles. The minimum atomic E-state index is -0.0753. The molecule has 0 aliphatic carbocycles. The van der Waals surface area contributed by atoms with Crippen molar-refractivity contribution in [2.24, 2.45) is 0 Å². The van der Waals surface area contributed by atoms with Crippen molar-refractivity contribution in [3.05, 3.63) is 88.7 Å². The van der Waals surface area contributed by atoms with Gasteiger partial charge >= 0.3 is 0 Å². The van der Waals surface area contributed by atoms with Crippen LogP contribution in [0.15, 0.2) is 60.9 Å². The fraction of sp³-hybridized carbons (Fsp3) is 0.550. The molecular weight excluding hydrogens is 620 g/mol. The van der Waals surface area contributed by atoms with Gasteiger partial charge in [-0.1, -0.05) is 129 Å². The highest BCUT2D eigenvalue weighted by Crippen LogP contribution is 2.33. The van der Waals surface area contributed by atoms with Crippen LogP contribution in [0.5, 0.6) is 5.75 Å². The van der Waals surface area contributed by atoms with E-state index in [0.29, 0.717) is 13.0 Å². The molecule has 0 unspecified atom stereocenters. The van der Waals surface area contributed by atoms with Gasteiger partial charge in [-0.05, 0) is 55.0 Å². The van der Waals surface area contributed by atoms with E-state index in [-0.39, 0.29) is 28.3 Å². The second-order valence-corrected chi connectivity index (χ2v) is 13.8. The van der Waals surface area contributed by atoms with Crippen LogP contribution in [0.4, 0.5) is 5.69 Å². The van der Waals surface area contributed by atoms with E-state index in [0.717, 1.165) is 41.2 Å². The Bertz CT molecular complexity index is 1280. The lowest BCUT2D eigenvalue weighted by Gasteiger charge is -2.24. The van der Waals surface area contributed by atoms with Gasteiger partial charge in [0.1, 0.15) is 5.75 Å². The van der Waals surface area contributed by atoms with Gasteiger partial charge in [-0.2, -0.15) is 0 Å². The highest BCUT2D eigenvalue weighted by Gasteiger charge is 2.21. The molecule has 3 rings (SSSR count). The van der Waals surface area contributed by atoms with Gasteiger partial charge < -0.3 is 27.0 Å². The van der Waals surface area contributed by atoms with Crippen molar-refractivity contribution in [3.63, 3.8) is 0 Å². The van der Waals surface area contributed by atoms with Crippen LogP contribution < -0.4 is 31.6 Å². The number of pyridine rings is 1. The summed E-state index contributed by atoms with van der Waals surface area (Å²) in [6.45, 7) is 14.6. The summed E-state index contributed by atoms with van der Waals surface area (Å²) in [6, 6.07) is 16.5. The summed E-state index contributed by atoms with van der Waals surface area (Å²) in [5.41, 5.74) is 6.49. The van der Waals surface area contributed by atoms with Gasteiger partial charge in [-0.25, -0.2) is 4.57 Å². The number of hydrogen-bond acceptors (Lipinski definition) is 2. The molecule has 0 fully saturated rings. The number of aromatic nitrogens is 1. The van der Waals surface area contributed by atoms with E-state index in [2.05, 4.69) is 88.1 Å². The average Bonchev–Trinajstić information content (AvgIpc) is 2.96. The lowest BCUT2D eigenvalue weighted by molar-refractivity contribution is -0.688. The Morgan fingerprint density at radius 2 is 1.36 bits per heavy atom. The number of ether oxygens (including phenoxy) is 1. The van der Waals surface area contributed by atoms with Crippen LogP contribution in [-0.4, -0.2) is 12.5 Å². The van der Waals surface area contributed by atoms with Crippen LogP contribution in [0.2, 0.25) is 0 Å². The van der Waals surface area contributed by atoms with Crippen molar-refractivity contribution < 1.29 is 31.1 Å². The van der Waals surface area contributed by atoms with Crippen LogP contribution in [0.3, 0.4) is 0 Å². The molecule has 0 saturated heterocycles. The maximum Gasteiger partial charge on any atom is 0.228 e. The van der Waals surface area contributed by atoms with Crippen LogP contribution in [0.1, 0.15) is 133 Å². The largest absolute Gasteiger partial charge is 1.00 e. The topological polar surface area (TPSA) is 42.2 Å². The first-order valence-electron chi connectivity index (χ1n) is 17.3. The lowest BCUT2D eigenvalue weighted by Crippen LogP contribution is -3.00. The lowest BCUT2D eigenvalue weighted by atomic mass is 9.85. The average molecular weight is 680 g/mol. The molecule has 4 nitrogen and oxygen atoms in total. The number of halogens is 1. The number of anilines is 1. The number of hydrogen-bond donors (Lipinski definition) is 1. The number of nitrogens with zero attached hydrogens (tertiary/aromatic N) is 1.